The lowest BCUT2D eigenvalue weighted by Gasteiger charge is -2.17. The van der Waals surface area contributed by atoms with Crippen LogP contribution in [0, 0.1) is 6.92 Å². The molecule has 5 nitrogen and oxygen atoms in total. The Hall–Kier alpha value is -2.99. The maximum atomic E-state index is 13.3. The number of rotatable bonds is 5. The summed E-state index contributed by atoms with van der Waals surface area (Å²) in [4.78, 5) is 26.2. The van der Waals surface area contributed by atoms with Crippen molar-refractivity contribution in [3.63, 3.8) is 0 Å². The van der Waals surface area contributed by atoms with Gasteiger partial charge in [-0.3, -0.25) is 9.59 Å². The van der Waals surface area contributed by atoms with Gasteiger partial charge in [-0.1, -0.05) is 64.6 Å². The number of amides is 1. The van der Waals surface area contributed by atoms with E-state index in [2.05, 4.69) is 5.32 Å². The Labute approximate surface area is 204 Å². The van der Waals surface area contributed by atoms with Gasteiger partial charge in [-0.2, -0.15) is 0 Å². The van der Waals surface area contributed by atoms with Crippen molar-refractivity contribution in [3.05, 3.63) is 91.5 Å². The molecule has 1 heterocycles. The highest BCUT2D eigenvalue weighted by Gasteiger charge is 2.24. The topological polar surface area (TPSA) is 68.5 Å². The Bertz CT molecular complexity index is 1410. The number of aryl methyl sites for hydroxylation is 1. The molecule has 0 aliphatic rings. The SMILES string of the molecule is Cc1ccc(-c2oc3ccc(Cl)cc3c(=O)c2O[C@@H](C)C(=O)Nc2cc(Cl)ccc2Cl)cc1. The van der Waals surface area contributed by atoms with E-state index in [0.29, 0.717) is 31.9 Å². The number of fused-ring (bicyclic) bond motifs is 1. The zero-order valence-electron chi connectivity index (χ0n) is 17.6. The summed E-state index contributed by atoms with van der Waals surface area (Å²) < 4.78 is 11.9. The molecule has 0 aliphatic carbocycles. The van der Waals surface area contributed by atoms with E-state index in [1.807, 2.05) is 31.2 Å². The van der Waals surface area contributed by atoms with Crippen LogP contribution < -0.4 is 15.5 Å². The molecule has 0 radical (unpaired) electrons. The third-order valence-electron chi connectivity index (χ3n) is 4.97. The minimum Gasteiger partial charge on any atom is -0.473 e. The van der Waals surface area contributed by atoms with Gasteiger partial charge in [-0.15, -0.1) is 0 Å². The van der Waals surface area contributed by atoms with Crippen molar-refractivity contribution in [2.24, 2.45) is 0 Å². The average molecular weight is 503 g/mol. The molecule has 0 bridgehead atoms. The number of hydrogen-bond donors (Lipinski definition) is 1. The van der Waals surface area contributed by atoms with Crippen molar-refractivity contribution < 1.29 is 13.9 Å². The molecule has 1 amide bonds. The molecule has 1 N–H and O–H groups in total. The number of nitrogens with one attached hydrogen (secondary N) is 1. The molecule has 0 saturated carbocycles. The van der Waals surface area contributed by atoms with E-state index in [1.54, 1.807) is 24.3 Å². The molecule has 3 aromatic carbocycles. The molecule has 0 fully saturated rings. The fourth-order valence-corrected chi connectivity index (χ4v) is 3.72. The van der Waals surface area contributed by atoms with Gasteiger partial charge in [0.15, 0.2) is 11.9 Å². The molecule has 0 aliphatic heterocycles. The first-order valence-electron chi connectivity index (χ1n) is 9.99. The minimum atomic E-state index is -1.05. The zero-order chi connectivity index (χ0) is 23.7. The number of benzene rings is 3. The highest BCUT2D eigenvalue weighted by molar-refractivity contribution is 6.35. The van der Waals surface area contributed by atoms with Crippen molar-refractivity contribution in [2.45, 2.75) is 20.0 Å². The second-order valence-electron chi connectivity index (χ2n) is 7.47. The largest absolute Gasteiger partial charge is 0.473 e. The molecule has 168 valence electrons. The van der Waals surface area contributed by atoms with Crippen LogP contribution >= 0.6 is 34.8 Å². The number of hydrogen-bond acceptors (Lipinski definition) is 4. The summed E-state index contributed by atoms with van der Waals surface area (Å²) >= 11 is 18.2. The highest BCUT2D eigenvalue weighted by Crippen LogP contribution is 2.33. The summed E-state index contributed by atoms with van der Waals surface area (Å²) in [6.07, 6.45) is -1.05. The lowest BCUT2D eigenvalue weighted by atomic mass is 10.1. The lowest BCUT2D eigenvalue weighted by Crippen LogP contribution is -2.32. The second kappa shape index (κ2) is 9.48. The molecular formula is C25H18Cl3NO4. The van der Waals surface area contributed by atoms with Crippen molar-refractivity contribution in [3.8, 4) is 17.1 Å². The third-order valence-corrected chi connectivity index (χ3v) is 5.77. The standard InChI is InChI=1S/C25H18Cl3NO4/c1-13-3-5-15(6-4-13)23-24(22(30)18-11-16(26)8-10-21(18)33-23)32-14(2)25(31)29-20-12-17(27)7-9-19(20)28/h3-12,14H,1-2H3,(H,29,31)/t14-/m0/s1. The van der Waals surface area contributed by atoms with E-state index >= 15 is 0 Å². The van der Waals surface area contributed by atoms with E-state index in [-0.39, 0.29) is 16.9 Å². The fourth-order valence-electron chi connectivity index (χ4n) is 3.21. The van der Waals surface area contributed by atoms with Crippen LogP contribution in [0.5, 0.6) is 5.75 Å². The number of carbonyl (C=O) groups excluding carboxylic acids is 1. The number of anilines is 1. The molecule has 4 rings (SSSR count). The Morgan fingerprint density at radius 2 is 1.64 bits per heavy atom. The maximum Gasteiger partial charge on any atom is 0.265 e. The van der Waals surface area contributed by atoms with Crippen molar-refractivity contribution in [2.75, 3.05) is 5.32 Å². The average Bonchev–Trinajstić information content (AvgIpc) is 2.79. The number of halogens is 3. The molecule has 8 heteroatoms. The van der Waals surface area contributed by atoms with E-state index in [1.165, 1.54) is 19.1 Å². The van der Waals surface area contributed by atoms with Crippen LogP contribution in [0.4, 0.5) is 5.69 Å². The molecule has 0 saturated heterocycles. The summed E-state index contributed by atoms with van der Waals surface area (Å²) in [6.45, 7) is 3.47. The van der Waals surface area contributed by atoms with Crippen LogP contribution in [-0.2, 0) is 4.79 Å². The molecule has 0 spiro atoms. The first-order valence-corrected chi connectivity index (χ1v) is 11.1. The fraction of sp³-hybridized carbons (Fsp3) is 0.120. The van der Waals surface area contributed by atoms with Gasteiger partial charge in [-0.05, 0) is 50.2 Å². The normalized spacial score (nSPS) is 11.9. The summed E-state index contributed by atoms with van der Waals surface area (Å²) in [7, 11) is 0. The van der Waals surface area contributed by atoms with E-state index < -0.39 is 17.4 Å². The quantitative estimate of drug-likeness (QED) is 0.315. The molecule has 33 heavy (non-hydrogen) atoms. The molecule has 4 aromatic rings. The number of ether oxygens (including phenoxy) is 1. The van der Waals surface area contributed by atoms with Crippen molar-refractivity contribution in [1.29, 1.82) is 0 Å². The van der Waals surface area contributed by atoms with Gasteiger partial charge in [0.1, 0.15) is 5.58 Å². The van der Waals surface area contributed by atoms with Gasteiger partial charge < -0.3 is 14.5 Å². The van der Waals surface area contributed by atoms with Crippen LogP contribution in [0.15, 0.2) is 69.9 Å². The van der Waals surface area contributed by atoms with Crippen LogP contribution in [0.2, 0.25) is 15.1 Å². The highest BCUT2D eigenvalue weighted by atomic mass is 35.5. The monoisotopic (exact) mass is 501 g/mol. The lowest BCUT2D eigenvalue weighted by molar-refractivity contribution is -0.122. The van der Waals surface area contributed by atoms with Crippen molar-refractivity contribution >= 4 is 57.4 Å². The second-order valence-corrected chi connectivity index (χ2v) is 8.75. The summed E-state index contributed by atoms with van der Waals surface area (Å²) in [5.74, 6) is -0.386. The zero-order valence-corrected chi connectivity index (χ0v) is 19.9. The first kappa shape index (κ1) is 23.2. The van der Waals surface area contributed by atoms with Gasteiger partial charge in [0, 0.05) is 15.6 Å². The van der Waals surface area contributed by atoms with Gasteiger partial charge in [0.25, 0.3) is 5.91 Å². The van der Waals surface area contributed by atoms with E-state index in [9.17, 15) is 9.59 Å². The van der Waals surface area contributed by atoms with E-state index in [0.717, 1.165) is 5.56 Å². The number of carbonyl (C=O) groups is 1. The smallest absolute Gasteiger partial charge is 0.265 e. The van der Waals surface area contributed by atoms with Gasteiger partial charge in [-0.25, -0.2) is 0 Å². The molecule has 0 unspecified atom stereocenters. The summed E-state index contributed by atoms with van der Waals surface area (Å²) in [5, 5.41) is 4.03. The predicted octanol–water partition coefficient (Wildman–Crippen LogP) is 7.13. The third kappa shape index (κ3) is 5.01. The van der Waals surface area contributed by atoms with Crippen LogP contribution in [0.3, 0.4) is 0 Å². The van der Waals surface area contributed by atoms with Gasteiger partial charge in [0.05, 0.1) is 16.1 Å². The van der Waals surface area contributed by atoms with Gasteiger partial charge >= 0.3 is 0 Å². The van der Waals surface area contributed by atoms with Gasteiger partial charge in [0.2, 0.25) is 11.2 Å². The predicted molar refractivity (Wildman–Crippen MR) is 133 cm³/mol. The molecular weight excluding hydrogens is 485 g/mol. The van der Waals surface area contributed by atoms with Crippen LogP contribution in [0.25, 0.3) is 22.3 Å². The Morgan fingerprint density at radius 3 is 2.36 bits per heavy atom. The Balaban J connectivity index is 1.75. The molecule has 1 aromatic heterocycles. The Kier molecular flexibility index (Phi) is 6.66. The van der Waals surface area contributed by atoms with Crippen molar-refractivity contribution in [1.82, 2.24) is 0 Å². The minimum absolute atomic E-state index is 0.0894. The maximum absolute atomic E-state index is 13.3. The Morgan fingerprint density at radius 1 is 0.970 bits per heavy atom. The summed E-state index contributed by atoms with van der Waals surface area (Å²) in [6, 6.07) is 16.9. The van der Waals surface area contributed by atoms with Crippen LogP contribution in [-0.4, -0.2) is 12.0 Å². The van der Waals surface area contributed by atoms with Crippen LogP contribution in [0.1, 0.15) is 12.5 Å². The van der Waals surface area contributed by atoms with E-state index in [4.69, 9.17) is 44.0 Å². The molecule has 1 atom stereocenters. The first-order chi connectivity index (χ1) is 15.7. The summed E-state index contributed by atoms with van der Waals surface area (Å²) in [5.41, 5.74) is 1.93.